The van der Waals surface area contributed by atoms with Crippen LogP contribution in [0.4, 0.5) is 0 Å². The van der Waals surface area contributed by atoms with Gasteiger partial charge in [0.25, 0.3) is 0 Å². The molecule has 3 aromatic rings. The van der Waals surface area contributed by atoms with Gasteiger partial charge in [-0.25, -0.2) is 0 Å². The van der Waals surface area contributed by atoms with Gasteiger partial charge in [0.2, 0.25) is 0 Å². The normalized spacial score (nSPS) is 14.8. The molecule has 0 fully saturated rings. The van der Waals surface area contributed by atoms with Gasteiger partial charge in [-0.15, -0.1) is 0 Å². The molecular formula is C28H32N2O. The minimum absolute atomic E-state index is 0.108. The Labute approximate surface area is 186 Å². The second kappa shape index (κ2) is 8.89. The third kappa shape index (κ3) is 3.93. The van der Waals surface area contributed by atoms with Crippen molar-refractivity contribution in [1.82, 2.24) is 9.80 Å². The van der Waals surface area contributed by atoms with Crippen LogP contribution in [0.5, 0.6) is 5.75 Å². The van der Waals surface area contributed by atoms with Crippen LogP contribution in [0.15, 0.2) is 84.9 Å². The number of benzene rings is 3. The molecule has 0 saturated carbocycles. The molecule has 1 aliphatic heterocycles. The van der Waals surface area contributed by atoms with Gasteiger partial charge >= 0.3 is 0 Å². The standard InChI is InChI=1S/C28H32N2O/c1-20(2)29-26(22-12-8-6-9-13-22)27(23-14-10-7-11-15-23)30(21(3)4)28(29)24-16-18-25(31-5)19-17-24/h6-21,28H,1-5H3. The van der Waals surface area contributed by atoms with E-state index in [0.717, 1.165) is 5.75 Å². The van der Waals surface area contributed by atoms with Crippen molar-refractivity contribution in [3.63, 3.8) is 0 Å². The predicted molar refractivity (Wildman–Crippen MR) is 129 cm³/mol. The van der Waals surface area contributed by atoms with Gasteiger partial charge in [0.1, 0.15) is 11.9 Å². The molecule has 0 bridgehead atoms. The van der Waals surface area contributed by atoms with Gasteiger partial charge < -0.3 is 14.5 Å². The van der Waals surface area contributed by atoms with Crippen LogP contribution in [0, 0.1) is 0 Å². The van der Waals surface area contributed by atoms with E-state index in [1.165, 1.54) is 28.1 Å². The lowest BCUT2D eigenvalue weighted by atomic mass is 10.0. The van der Waals surface area contributed by atoms with Crippen molar-refractivity contribution >= 4 is 11.4 Å². The Morgan fingerprint density at radius 3 is 1.39 bits per heavy atom. The fourth-order valence-corrected chi connectivity index (χ4v) is 4.57. The molecule has 3 nitrogen and oxygen atoms in total. The zero-order valence-corrected chi connectivity index (χ0v) is 19.1. The first-order valence-corrected chi connectivity index (χ1v) is 11.1. The van der Waals surface area contributed by atoms with Crippen molar-refractivity contribution in [2.45, 2.75) is 45.9 Å². The molecule has 0 N–H and O–H groups in total. The molecule has 4 rings (SSSR count). The topological polar surface area (TPSA) is 15.7 Å². The summed E-state index contributed by atoms with van der Waals surface area (Å²) < 4.78 is 5.42. The Morgan fingerprint density at radius 1 is 0.613 bits per heavy atom. The summed E-state index contributed by atoms with van der Waals surface area (Å²) in [6, 6.07) is 30.8. The van der Waals surface area contributed by atoms with Gasteiger partial charge in [-0.3, -0.25) is 0 Å². The third-order valence-corrected chi connectivity index (χ3v) is 5.89. The fourth-order valence-electron chi connectivity index (χ4n) is 4.57. The fraction of sp³-hybridized carbons (Fsp3) is 0.286. The Bertz CT molecular complexity index is 962. The molecule has 3 heteroatoms. The van der Waals surface area contributed by atoms with Crippen molar-refractivity contribution in [2.24, 2.45) is 0 Å². The molecular weight excluding hydrogens is 380 g/mol. The Morgan fingerprint density at radius 2 is 1.03 bits per heavy atom. The summed E-state index contributed by atoms with van der Waals surface area (Å²) in [5.74, 6) is 0.883. The highest BCUT2D eigenvalue weighted by Crippen LogP contribution is 2.49. The predicted octanol–water partition coefficient (Wildman–Crippen LogP) is 6.65. The smallest absolute Gasteiger partial charge is 0.129 e. The van der Waals surface area contributed by atoms with E-state index in [0.29, 0.717) is 12.1 Å². The van der Waals surface area contributed by atoms with Gasteiger partial charge in [0, 0.05) is 23.2 Å². The second-order valence-electron chi connectivity index (χ2n) is 8.58. The second-order valence-corrected chi connectivity index (χ2v) is 8.58. The number of nitrogens with zero attached hydrogens (tertiary/aromatic N) is 2. The van der Waals surface area contributed by atoms with Gasteiger partial charge in [0.15, 0.2) is 0 Å². The highest BCUT2D eigenvalue weighted by Gasteiger charge is 2.42. The van der Waals surface area contributed by atoms with E-state index >= 15 is 0 Å². The SMILES string of the molecule is COc1ccc(C2N(C(C)C)C(c3ccccc3)=C(c3ccccc3)N2C(C)C)cc1. The number of hydrogen-bond donors (Lipinski definition) is 0. The molecule has 0 aromatic heterocycles. The van der Waals surface area contributed by atoms with Crippen LogP contribution in [-0.4, -0.2) is 29.0 Å². The maximum absolute atomic E-state index is 5.42. The third-order valence-electron chi connectivity index (χ3n) is 5.89. The number of ether oxygens (including phenoxy) is 1. The van der Waals surface area contributed by atoms with Crippen LogP contribution < -0.4 is 4.74 Å². The van der Waals surface area contributed by atoms with Gasteiger partial charge in [-0.1, -0.05) is 72.8 Å². The van der Waals surface area contributed by atoms with E-state index in [1.807, 2.05) is 0 Å². The first-order chi connectivity index (χ1) is 15.0. The molecule has 31 heavy (non-hydrogen) atoms. The van der Waals surface area contributed by atoms with Gasteiger partial charge in [-0.2, -0.15) is 0 Å². The van der Waals surface area contributed by atoms with E-state index in [1.54, 1.807) is 7.11 Å². The first-order valence-electron chi connectivity index (χ1n) is 11.1. The minimum atomic E-state index is 0.108. The lowest BCUT2D eigenvalue weighted by Gasteiger charge is -2.40. The minimum Gasteiger partial charge on any atom is -0.497 e. The summed E-state index contributed by atoms with van der Waals surface area (Å²) in [5, 5.41) is 0. The summed E-state index contributed by atoms with van der Waals surface area (Å²) in [6.07, 6.45) is 0.108. The van der Waals surface area contributed by atoms with E-state index in [4.69, 9.17) is 4.74 Å². The van der Waals surface area contributed by atoms with Crippen LogP contribution in [-0.2, 0) is 0 Å². The van der Waals surface area contributed by atoms with Crippen LogP contribution in [0.3, 0.4) is 0 Å². The number of methoxy groups -OCH3 is 1. The van der Waals surface area contributed by atoms with Crippen LogP contribution in [0.25, 0.3) is 11.4 Å². The molecule has 160 valence electrons. The molecule has 0 spiro atoms. The largest absolute Gasteiger partial charge is 0.497 e. The van der Waals surface area contributed by atoms with E-state index in [2.05, 4.69) is 122 Å². The molecule has 3 aromatic carbocycles. The molecule has 0 unspecified atom stereocenters. The molecule has 0 atom stereocenters. The van der Waals surface area contributed by atoms with Gasteiger partial charge in [0.05, 0.1) is 18.5 Å². The molecule has 0 saturated heterocycles. The zero-order chi connectivity index (χ0) is 22.0. The van der Waals surface area contributed by atoms with E-state index in [-0.39, 0.29) is 6.17 Å². The lowest BCUT2D eigenvalue weighted by Crippen LogP contribution is -2.39. The van der Waals surface area contributed by atoms with Crippen LogP contribution in [0.1, 0.15) is 50.6 Å². The maximum atomic E-state index is 5.42. The molecule has 1 aliphatic rings. The number of hydrogen-bond acceptors (Lipinski definition) is 3. The van der Waals surface area contributed by atoms with Crippen molar-refractivity contribution in [3.05, 3.63) is 102 Å². The summed E-state index contributed by atoms with van der Waals surface area (Å²) in [4.78, 5) is 5.14. The average Bonchev–Trinajstić information content (AvgIpc) is 3.17. The Kier molecular flexibility index (Phi) is 6.03. The van der Waals surface area contributed by atoms with Gasteiger partial charge in [-0.05, 0) is 45.4 Å². The summed E-state index contributed by atoms with van der Waals surface area (Å²) in [5.41, 5.74) is 6.34. The van der Waals surface area contributed by atoms with Crippen molar-refractivity contribution in [1.29, 1.82) is 0 Å². The van der Waals surface area contributed by atoms with Crippen molar-refractivity contribution in [2.75, 3.05) is 7.11 Å². The van der Waals surface area contributed by atoms with Crippen molar-refractivity contribution in [3.8, 4) is 5.75 Å². The highest BCUT2D eigenvalue weighted by atomic mass is 16.5. The molecule has 0 radical (unpaired) electrons. The quantitative estimate of drug-likeness (QED) is 0.450. The summed E-state index contributed by atoms with van der Waals surface area (Å²) >= 11 is 0. The first kappa shape index (κ1) is 21.0. The summed E-state index contributed by atoms with van der Waals surface area (Å²) in [6.45, 7) is 9.13. The van der Waals surface area contributed by atoms with Crippen LogP contribution in [0.2, 0.25) is 0 Å². The average molecular weight is 413 g/mol. The molecule has 1 heterocycles. The lowest BCUT2D eigenvalue weighted by molar-refractivity contribution is 0.117. The van der Waals surface area contributed by atoms with E-state index < -0.39 is 0 Å². The Balaban J connectivity index is 1.98. The van der Waals surface area contributed by atoms with E-state index in [9.17, 15) is 0 Å². The monoisotopic (exact) mass is 412 g/mol. The molecule has 0 amide bonds. The zero-order valence-electron chi connectivity index (χ0n) is 19.1. The maximum Gasteiger partial charge on any atom is 0.129 e. The Hall–Kier alpha value is -3.20. The van der Waals surface area contributed by atoms with Crippen LogP contribution >= 0.6 is 0 Å². The van der Waals surface area contributed by atoms with Crippen molar-refractivity contribution < 1.29 is 4.74 Å². The highest BCUT2D eigenvalue weighted by molar-refractivity contribution is 5.91. The number of rotatable bonds is 6. The summed E-state index contributed by atoms with van der Waals surface area (Å²) in [7, 11) is 1.72. The molecule has 0 aliphatic carbocycles.